The van der Waals surface area contributed by atoms with Crippen LogP contribution in [-0.2, 0) is 4.57 Å². The molecule has 0 fully saturated rings. The summed E-state index contributed by atoms with van der Waals surface area (Å²) in [6.45, 7) is 2.26. The third-order valence-corrected chi connectivity index (χ3v) is 6.70. The molecule has 0 aliphatic carbocycles. The van der Waals surface area contributed by atoms with E-state index in [0.717, 1.165) is 32.1 Å². The van der Waals surface area contributed by atoms with Crippen molar-refractivity contribution in [1.29, 1.82) is 0 Å². The van der Waals surface area contributed by atoms with Crippen molar-refractivity contribution in [2.45, 2.75) is 102 Å². The highest BCUT2D eigenvalue weighted by atomic mass is 31.2. The molecular weight excluding hydrogens is 397 g/mol. The lowest BCUT2D eigenvalue weighted by atomic mass is 10.1. The van der Waals surface area contributed by atoms with Gasteiger partial charge in [0.1, 0.15) is 6.54 Å². The molecule has 178 valence electrons. The number of unbranched alkanes of at least 4 members (excludes halogenated alkanes) is 10. The molecule has 0 aliphatic heterocycles. The summed E-state index contributed by atoms with van der Waals surface area (Å²) in [7, 11) is 0.952. The molecule has 0 aromatic rings. The Labute approximate surface area is 186 Å². The first-order valence-electron chi connectivity index (χ1n) is 11.9. The average molecular weight is 447 g/mol. The summed E-state index contributed by atoms with van der Waals surface area (Å²) in [4.78, 5) is 19.2. The predicted molar refractivity (Wildman–Crippen MR) is 128 cm³/mol. The van der Waals surface area contributed by atoms with E-state index in [4.69, 9.17) is 0 Å². The van der Waals surface area contributed by atoms with Crippen molar-refractivity contribution in [3.8, 4) is 0 Å². The molecule has 30 heavy (non-hydrogen) atoms. The van der Waals surface area contributed by atoms with Crippen LogP contribution in [0.25, 0.3) is 0 Å². The first kappa shape index (κ1) is 29.5. The van der Waals surface area contributed by atoms with Crippen LogP contribution < -0.4 is 0 Å². The fourth-order valence-corrected chi connectivity index (χ4v) is 4.67. The molecule has 6 heteroatoms. The zero-order valence-corrected chi connectivity index (χ0v) is 21.0. The maximum Gasteiger partial charge on any atom is 0.362 e. The van der Waals surface area contributed by atoms with Gasteiger partial charge in [-0.2, -0.15) is 0 Å². The molecule has 0 radical (unpaired) electrons. The summed E-state index contributed by atoms with van der Waals surface area (Å²) in [5.74, 6) is 0. The van der Waals surface area contributed by atoms with E-state index in [-0.39, 0.29) is 13.0 Å². The van der Waals surface area contributed by atoms with E-state index in [9.17, 15) is 19.5 Å². The van der Waals surface area contributed by atoms with Gasteiger partial charge >= 0.3 is 7.60 Å². The van der Waals surface area contributed by atoms with Gasteiger partial charge in [-0.25, -0.2) is 0 Å². The minimum Gasteiger partial charge on any atom is -0.373 e. The number of allylic oxidation sites excluding steroid dienone is 4. The van der Waals surface area contributed by atoms with Crippen LogP contribution >= 0.6 is 7.60 Å². The Balaban J connectivity index is 3.73. The Morgan fingerprint density at radius 1 is 0.733 bits per heavy atom. The highest BCUT2D eigenvalue weighted by Gasteiger charge is 2.48. The van der Waals surface area contributed by atoms with Gasteiger partial charge in [0.2, 0.25) is 5.34 Å². The Hall–Kier alpha value is -0.450. The lowest BCUT2D eigenvalue weighted by molar-refractivity contribution is -0.875. The first-order valence-corrected chi connectivity index (χ1v) is 13.5. The van der Waals surface area contributed by atoms with Crippen molar-refractivity contribution in [3.63, 3.8) is 0 Å². The highest BCUT2D eigenvalue weighted by Crippen LogP contribution is 2.52. The quantitative estimate of drug-likeness (QED) is 0.0962. The lowest BCUT2D eigenvalue weighted by Gasteiger charge is -2.35. The third-order valence-electron chi connectivity index (χ3n) is 5.25. The van der Waals surface area contributed by atoms with Crippen LogP contribution in [0, 0.1) is 0 Å². The minimum absolute atomic E-state index is 0.0532. The van der Waals surface area contributed by atoms with E-state index < -0.39 is 12.9 Å². The molecule has 0 saturated carbocycles. The average Bonchev–Trinajstić information content (AvgIpc) is 2.62. The predicted octanol–water partition coefficient (Wildman–Crippen LogP) is 6.15. The Morgan fingerprint density at radius 2 is 1.13 bits per heavy atom. The number of nitrogens with zero attached hydrogens (tertiary/aromatic N) is 1. The normalized spacial score (nSPS) is 15.3. The lowest BCUT2D eigenvalue weighted by Crippen LogP contribution is -2.49. The molecule has 5 nitrogen and oxygen atoms in total. The van der Waals surface area contributed by atoms with Crippen molar-refractivity contribution < 1.29 is 23.9 Å². The molecule has 0 bridgehead atoms. The highest BCUT2D eigenvalue weighted by molar-refractivity contribution is 7.53. The van der Waals surface area contributed by atoms with Crippen molar-refractivity contribution >= 4 is 7.60 Å². The zero-order valence-electron chi connectivity index (χ0n) is 20.1. The number of quaternary nitrogens is 1. The second-order valence-electron chi connectivity index (χ2n) is 9.65. The smallest absolute Gasteiger partial charge is 0.362 e. The third kappa shape index (κ3) is 16.3. The van der Waals surface area contributed by atoms with Gasteiger partial charge in [0.25, 0.3) is 0 Å². The number of likely N-dealkylation sites (N-methyl/N-ethyl adjacent to an activating group) is 1. The molecule has 0 saturated heterocycles. The van der Waals surface area contributed by atoms with E-state index in [1.807, 2.05) is 21.1 Å². The van der Waals surface area contributed by atoms with E-state index in [0.29, 0.717) is 10.9 Å². The zero-order chi connectivity index (χ0) is 22.9. The SMILES string of the molecule is CCC/C=C\CCCCC/C=C\CCCCCCCC(O)(C[N+](C)(C)C)P(=O)(O)O. The van der Waals surface area contributed by atoms with Crippen molar-refractivity contribution in [3.05, 3.63) is 24.3 Å². The summed E-state index contributed by atoms with van der Waals surface area (Å²) in [6.07, 6.45) is 24.0. The monoisotopic (exact) mass is 446 g/mol. The first-order chi connectivity index (χ1) is 14.0. The second-order valence-corrected chi connectivity index (χ2v) is 11.6. The fraction of sp³-hybridized carbons (Fsp3) is 0.833. The van der Waals surface area contributed by atoms with Gasteiger partial charge < -0.3 is 19.4 Å². The van der Waals surface area contributed by atoms with Gasteiger partial charge in [0.05, 0.1) is 21.1 Å². The van der Waals surface area contributed by atoms with E-state index in [2.05, 4.69) is 31.2 Å². The van der Waals surface area contributed by atoms with E-state index >= 15 is 0 Å². The number of hydrogen-bond donors (Lipinski definition) is 3. The summed E-state index contributed by atoms with van der Waals surface area (Å²) >= 11 is 0. The summed E-state index contributed by atoms with van der Waals surface area (Å²) in [5.41, 5.74) is 0. The molecule has 0 aliphatic rings. The van der Waals surface area contributed by atoms with Gasteiger partial charge in [-0.3, -0.25) is 4.57 Å². The van der Waals surface area contributed by atoms with Crippen molar-refractivity contribution in [1.82, 2.24) is 0 Å². The van der Waals surface area contributed by atoms with Crippen LogP contribution in [-0.4, -0.2) is 52.4 Å². The Bertz CT molecular complexity index is 522. The maximum absolute atomic E-state index is 11.8. The van der Waals surface area contributed by atoms with Gasteiger partial charge in [0.15, 0.2) is 0 Å². The molecule has 1 unspecified atom stereocenters. The van der Waals surface area contributed by atoms with Crippen molar-refractivity contribution in [2.75, 3.05) is 27.7 Å². The maximum atomic E-state index is 11.8. The van der Waals surface area contributed by atoms with Crippen LogP contribution in [0.3, 0.4) is 0 Å². The largest absolute Gasteiger partial charge is 0.373 e. The molecule has 0 amide bonds. The standard InChI is InChI=1S/C24H48NO4P/c1-5-6-7-8-9-10-11-12-13-14-15-16-17-18-19-20-21-22-24(26,30(27,28)29)23-25(2,3)4/h7-8,14-15,26H,5-6,9-13,16-23H2,1-4H3,(H-,27,28,29)/p+1/b8-7-,15-14-. The molecule has 0 aromatic heterocycles. The Kier molecular flexibility index (Phi) is 16.0. The van der Waals surface area contributed by atoms with Crippen LogP contribution in [0.15, 0.2) is 24.3 Å². The molecule has 0 rings (SSSR count). The van der Waals surface area contributed by atoms with Crippen LogP contribution in [0.2, 0.25) is 0 Å². The topological polar surface area (TPSA) is 77.8 Å². The second kappa shape index (κ2) is 16.2. The molecule has 3 N–H and O–H groups in total. The van der Waals surface area contributed by atoms with Gasteiger partial charge in [0, 0.05) is 0 Å². The summed E-state index contributed by atoms with van der Waals surface area (Å²) in [6, 6.07) is 0. The van der Waals surface area contributed by atoms with Crippen LogP contribution in [0.1, 0.15) is 96.8 Å². The van der Waals surface area contributed by atoms with Crippen molar-refractivity contribution in [2.24, 2.45) is 0 Å². The Morgan fingerprint density at radius 3 is 1.57 bits per heavy atom. The van der Waals surface area contributed by atoms with E-state index in [1.165, 1.54) is 44.9 Å². The van der Waals surface area contributed by atoms with Gasteiger partial charge in [-0.15, -0.1) is 0 Å². The molecule has 0 aromatic carbocycles. The number of rotatable bonds is 19. The van der Waals surface area contributed by atoms with Crippen LogP contribution in [0.4, 0.5) is 0 Å². The van der Waals surface area contributed by atoms with Gasteiger partial charge in [-0.1, -0.05) is 63.3 Å². The molecule has 1 atom stereocenters. The minimum atomic E-state index is -4.55. The summed E-state index contributed by atoms with van der Waals surface area (Å²) in [5, 5.41) is 8.60. The molecule has 0 heterocycles. The fourth-order valence-electron chi connectivity index (χ4n) is 3.62. The van der Waals surface area contributed by atoms with Crippen LogP contribution in [0.5, 0.6) is 0 Å². The number of aliphatic hydroxyl groups is 1. The van der Waals surface area contributed by atoms with E-state index in [1.54, 1.807) is 0 Å². The molecule has 0 spiro atoms. The molecular formula is C24H49NO4P+. The number of hydrogen-bond acceptors (Lipinski definition) is 2. The van der Waals surface area contributed by atoms with Gasteiger partial charge in [-0.05, 0) is 57.8 Å². The summed E-state index contributed by atoms with van der Waals surface area (Å²) < 4.78 is 12.1.